The maximum absolute atomic E-state index is 12.2. The molecule has 23 heavy (non-hydrogen) atoms. The molecule has 1 saturated heterocycles. The number of anilines is 1. The minimum atomic E-state index is -5.73. The van der Waals surface area contributed by atoms with Crippen LogP contribution in [0, 0.1) is 0 Å². The Morgan fingerprint density at radius 3 is 2.09 bits per heavy atom. The van der Waals surface area contributed by atoms with E-state index in [-0.39, 0.29) is 11.3 Å². The molecule has 0 aliphatic carbocycles. The van der Waals surface area contributed by atoms with Gasteiger partial charge in [0.1, 0.15) is 5.78 Å². The molecule has 10 heteroatoms. The quantitative estimate of drug-likeness (QED) is 0.892. The van der Waals surface area contributed by atoms with Crippen molar-refractivity contribution in [2.24, 2.45) is 0 Å². The Kier molecular flexibility index (Phi) is 4.64. The van der Waals surface area contributed by atoms with E-state index in [1.807, 2.05) is 4.90 Å². The van der Waals surface area contributed by atoms with Crippen LogP contribution >= 0.6 is 0 Å². The molecule has 1 amide bonds. The second-order valence-electron chi connectivity index (χ2n) is 4.95. The van der Waals surface area contributed by atoms with Crippen molar-refractivity contribution in [1.82, 2.24) is 4.72 Å². The van der Waals surface area contributed by atoms with Crippen LogP contribution in [-0.2, 0) is 14.8 Å². The van der Waals surface area contributed by atoms with Crippen molar-refractivity contribution in [3.05, 3.63) is 29.8 Å². The van der Waals surface area contributed by atoms with Gasteiger partial charge >= 0.3 is 15.5 Å². The Labute approximate surface area is 130 Å². The van der Waals surface area contributed by atoms with Gasteiger partial charge in [-0.25, -0.2) is 4.72 Å². The molecule has 1 aromatic rings. The van der Waals surface area contributed by atoms with Crippen molar-refractivity contribution in [3.63, 3.8) is 0 Å². The van der Waals surface area contributed by atoms with E-state index in [0.717, 1.165) is 4.72 Å². The van der Waals surface area contributed by atoms with Crippen molar-refractivity contribution in [1.29, 1.82) is 0 Å². The van der Waals surface area contributed by atoms with Crippen molar-refractivity contribution >= 4 is 27.4 Å². The topological polar surface area (TPSA) is 83.6 Å². The molecule has 0 radical (unpaired) electrons. The minimum Gasteiger partial charge on any atom is -0.371 e. The number of Topliss-reactive ketones (excluding diaryl/α,β-unsaturated/α-hetero) is 1. The number of hydrogen-bond acceptors (Lipinski definition) is 5. The number of nitrogens with zero attached hydrogens (tertiary/aromatic N) is 1. The number of nitrogens with one attached hydrogen (secondary N) is 1. The number of carbonyl (C=O) groups is 2. The largest absolute Gasteiger partial charge is 0.516 e. The van der Waals surface area contributed by atoms with Gasteiger partial charge in [0.2, 0.25) is 0 Å². The molecule has 1 aliphatic rings. The number of sulfonamides is 1. The van der Waals surface area contributed by atoms with Crippen molar-refractivity contribution in [3.8, 4) is 0 Å². The SMILES string of the molecule is O=C1CCN(c2ccc(C(=O)NS(=O)(=O)C(F)(F)F)cc2)CC1. The maximum Gasteiger partial charge on any atom is 0.516 e. The van der Waals surface area contributed by atoms with Crippen LogP contribution in [0.3, 0.4) is 0 Å². The average Bonchev–Trinajstić information content (AvgIpc) is 2.46. The van der Waals surface area contributed by atoms with Crippen LogP contribution in [0.25, 0.3) is 0 Å². The molecule has 0 aromatic heterocycles. The fourth-order valence-electron chi connectivity index (χ4n) is 2.08. The molecule has 1 N–H and O–H groups in total. The number of ketones is 1. The first-order valence-corrected chi connectivity index (χ1v) is 8.08. The molecule has 1 fully saturated rings. The van der Waals surface area contributed by atoms with E-state index in [1.54, 1.807) is 0 Å². The third-order valence-corrected chi connectivity index (χ3v) is 4.41. The summed E-state index contributed by atoms with van der Waals surface area (Å²) in [5.41, 5.74) is -5.06. The van der Waals surface area contributed by atoms with Gasteiger partial charge < -0.3 is 4.90 Å². The van der Waals surface area contributed by atoms with Crippen molar-refractivity contribution in [2.75, 3.05) is 18.0 Å². The van der Waals surface area contributed by atoms with Gasteiger partial charge in [-0.05, 0) is 24.3 Å². The van der Waals surface area contributed by atoms with Gasteiger partial charge in [0, 0.05) is 37.2 Å². The van der Waals surface area contributed by atoms with Gasteiger partial charge in [0.25, 0.3) is 5.91 Å². The molecule has 126 valence electrons. The number of halogens is 3. The molecule has 1 heterocycles. The van der Waals surface area contributed by atoms with E-state index in [2.05, 4.69) is 0 Å². The molecule has 1 aliphatic heterocycles. The molecule has 6 nitrogen and oxygen atoms in total. The summed E-state index contributed by atoms with van der Waals surface area (Å²) >= 11 is 0. The lowest BCUT2D eigenvalue weighted by Gasteiger charge is -2.28. The Morgan fingerprint density at radius 1 is 1.09 bits per heavy atom. The Morgan fingerprint density at radius 2 is 1.61 bits per heavy atom. The second-order valence-corrected chi connectivity index (χ2v) is 6.63. The summed E-state index contributed by atoms with van der Waals surface area (Å²) in [5, 5.41) is 0. The average molecular weight is 350 g/mol. The minimum absolute atomic E-state index is 0.162. The highest BCUT2D eigenvalue weighted by Crippen LogP contribution is 2.23. The van der Waals surface area contributed by atoms with Gasteiger partial charge in [-0.15, -0.1) is 0 Å². The zero-order chi connectivity index (χ0) is 17.3. The molecule has 0 unspecified atom stereocenters. The maximum atomic E-state index is 12.2. The highest BCUT2D eigenvalue weighted by Gasteiger charge is 2.47. The van der Waals surface area contributed by atoms with E-state index in [9.17, 15) is 31.2 Å². The van der Waals surface area contributed by atoms with E-state index in [0.29, 0.717) is 31.6 Å². The normalized spacial score (nSPS) is 16.3. The highest BCUT2D eigenvalue weighted by atomic mass is 32.2. The summed E-state index contributed by atoms with van der Waals surface area (Å²) in [6.45, 7) is 1.04. The summed E-state index contributed by atoms with van der Waals surface area (Å²) in [6.07, 6.45) is 0.818. The van der Waals surface area contributed by atoms with Gasteiger partial charge in [-0.1, -0.05) is 0 Å². The lowest BCUT2D eigenvalue weighted by Crippen LogP contribution is -2.40. The third-order valence-electron chi connectivity index (χ3n) is 3.35. The van der Waals surface area contributed by atoms with Crippen LogP contribution in [0.15, 0.2) is 24.3 Å². The molecular weight excluding hydrogens is 337 g/mol. The van der Waals surface area contributed by atoms with Crippen LogP contribution in [0.4, 0.5) is 18.9 Å². The molecule has 2 rings (SSSR count). The summed E-state index contributed by atoms with van der Waals surface area (Å²) in [4.78, 5) is 24.7. The number of amides is 1. The number of hydrogen-bond donors (Lipinski definition) is 1. The standard InChI is InChI=1S/C13H13F3N2O4S/c14-13(15,16)23(21,22)17-12(20)9-1-3-10(4-2-9)18-7-5-11(19)6-8-18/h1-4H,5-8H2,(H,17,20). The Balaban J connectivity index is 2.08. The fraction of sp³-hybridized carbons (Fsp3) is 0.385. The number of piperidine rings is 1. The summed E-state index contributed by atoms with van der Waals surface area (Å²) < 4.78 is 59.4. The summed E-state index contributed by atoms with van der Waals surface area (Å²) in [6, 6.07) is 5.44. The predicted octanol–water partition coefficient (Wildman–Crippen LogP) is 1.44. The molecule has 0 saturated carbocycles. The van der Waals surface area contributed by atoms with E-state index < -0.39 is 21.4 Å². The monoisotopic (exact) mass is 350 g/mol. The van der Waals surface area contributed by atoms with E-state index in [4.69, 9.17) is 0 Å². The zero-order valence-corrected chi connectivity index (χ0v) is 12.6. The molecule has 0 atom stereocenters. The highest BCUT2D eigenvalue weighted by molar-refractivity contribution is 7.90. The van der Waals surface area contributed by atoms with Crippen LogP contribution in [0.5, 0.6) is 0 Å². The number of carbonyl (C=O) groups excluding carboxylic acids is 2. The van der Waals surface area contributed by atoms with E-state index in [1.165, 1.54) is 24.3 Å². The number of alkyl halides is 3. The number of benzene rings is 1. The Hall–Kier alpha value is -2.10. The molecule has 1 aromatic carbocycles. The first kappa shape index (κ1) is 17.3. The lowest BCUT2D eigenvalue weighted by molar-refractivity contribution is -0.119. The van der Waals surface area contributed by atoms with Gasteiger partial charge in [-0.2, -0.15) is 21.6 Å². The van der Waals surface area contributed by atoms with Crippen molar-refractivity contribution in [2.45, 2.75) is 18.3 Å². The molecule has 0 spiro atoms. The van der Waals surface area contributed by atoms with Gasteiger partial charge in [0.15, 0.2) is 0 Å². The van der Waals surface area contributed by atoms with E-state index >= 15 is 0 Å². The van der Waals surface area contributed by atoms with Crippen molar-refractivity contribution < 1.29 is 31.2 Å². The van der Waals surface area contributed by atoms with Gasteiger partial charge in [0.05, 0.1) is 0 Å². The summed E-state index contributed by atoms with van der Waals surface area (Å²) in [5.74, 6) is -1.20. The second kappa shape index (κ2) is 6.19. The lowest BCUT2D eigenvalue weighted by atomic mass is 10.1. The first-order valence-electron chi connectivity index (χ1n) is 6.60. The van der Waals surface area contributed by atoms with Crippen LogP contribution in [0.2, 0.25) is 0 Å². The summed E-state index contributed by atoms with van der Waals surface area (Å²) in [7, 11) is -5.73. The van der Waals surface area contributed by atoms with Crippen LogP contribution in [-0.4, -0.2) is 38.7 Å². The molecular formula is C13H13F3N2O4S. The fourth-order valence-corrected chi connectivity index (χ4v) is 2.55. The smallest absolute Gasteiger partial charge is 0.371 e. The first-order chi connectivity index (χ1) is 10.6. The van der Waals surface area contributed by atoms with Gasteiger partial charge in [-0.3, -0.25) is 9.59 Å². The van der Waals surface area contributed by atoms with Crippen LogP contribution in [0.1, 0.15) is 23.2 Å². The number of rotatable bonds is 3. The molecule has 0 bridgehead atoms. The Bertz CT molecular complexity index is 704. The third kappa shape index (κ3) is 4.01. The van der Waals surface area contributed by atoms with Crippen LogP contribution < -0.4 is 9.62 Å². The predicted molar refractivity (Wildman–Crippen MR) is 75.3 cm³/mol. The zero-order valence-electron chi connectivity index (χ0n) is 11.8.